The maximum absolute atomic E-state index is 13.2. The molecule has 2 aliphatic rings. The Labute approximate surface area is 158 Å². The molecule has 3 unspecified atom stereocenters. The van der Waals surface area contributed by atoms with Gasteiger partial charge >= 0.3 is 5.91 Å². The fourth-order valence-corrected chi connectivity index (χ4v) is 5.20. The molecule has 0 radical (unpaired) electrons. The van der Waals surface area contributed by atoms with Crippen LogP contribution >= 0.6 is 11.3 Å². The smallest absolute Gasteiger partial charge is 0.330 e. The molecule has 5 nitrogen and oxygen atoms in total. The highest BCUT2D eigenvalue weighted by Gasteiger charge is 2.80. The lowest BCUT2D eigenvalue weighted by molar-refractivity contribution is -1.09. The Balaban J connectivity index is 1.89. The average molecular weight is 373 g/mol. The fraction of sp³-hybridized carbons (Fsp3) is 0.450. The molecule has 3 atom stereocenters. The molecule has 26 heavy (non-hydrogen) atoms. The van der Waals surface area contributed by atoms with Crippen molar-refractivity contribution in [3.63, 3.8) is 0 Å². The largest absolute Gasteiger partial charge is 0.334 e. The zero-order valence-electron chi connectivity index (χ0n) is 15.5. The van der Waals surface area contributed by atoms with E-state index in [1.807, 2.05) is 43.1 Å². The third-order valence-corrected chi connectivity index (χ3v) is 7.00. The molecule has 0 saturated carbocycles. The minimum atomic E-state index is -0.781. The Morgan fingerprint density at radius 3 is 2.58 bits per heavy atom. The van der Waals surface area contributed by atoms with Gasteiger partial charge in [0.2, 0.25) is 11.3 Å². The first kappa shape index (κ1) is 17.7. The molecular weight excluding hydrogens is 346 g/mol. The number of carbonyl (C=O) groups excluding carboxylic acids is 1. The maximum atomic E-state index is 13.2. The number of quaternary nitrogens is 1. The standard InChI is InChI=1S/C20H26N3O2S/c1-19(2)18(24)22-20(12-8-13-21,15-9-5-4-6-10-15)25-17(23(19,22)3)16-11-7-14-26-16/h4-7,9-11,14,17H,8,12-13,21H2,1-3H3/q+1. The molecule has 2 aromatic rings. The van der Waals surface area contributed by atoms with E-state index in [1.165, 1.54) is 0 Å². The van der Waals surface area contributed by atoms with Crippen LogP contribution in [-0.2, 0) is 15.3 Å². The zero-order chi connectivity index (χ0) is 18.6. The average Bonchev–Trinajstić information content (AvgIpc) is 3.25. The van der Waals surface area contributed by atoms with Crippen LogP contribution in [0.3, 0.4) is 0 Å². The third kappa shape index (κ3) is 2.04. The van der Waals surface area contributed by atoms with Crippen molar-refractivity contribution in [2.75, 3.05) is 13.6 Å². The molecule has 2 aliphatic heterocycles. The Kier molecular flexibility index (Phi) is 4.00. The minimum absolute atomic E-state index is 0.125. The minimum Gasteiger partial charge on any atom is -0.330 e. The lowest BCUT2D eigenvalue weighted by Crippen LogP contribution is -2.84. The first-order valence-corrected chi connectivity index (χ1v) is 9.96. The topological polar surface area (TPSA) is 55.6 Å². The van der Waals surface area contributed by atoms with Gasteiger partial charge in [-0.15, -0.1) is 16.3 Å². The second kappa shape index (κ2) is 5.89. The molecule has 138 valence electrons. The highest BCUT2D eigenvalue weighted by Crippen LogP contribution is 2.62. The first-order chi connectivity index (χ1) is 12.4. The first-order valence-electron chi connectivity index (χ1n) is 9.08. The summed E-state index contributed by atoms with van der Waals surface area (Å²) in [6.07, 6.45) is 1.27. The van der Waals surface area contributed by atoms with Gasteiger partial charge in [-0.1, -0.05) is 36.4 Å². The van der Waals surface area contributed by atoms with Crippen LogP contribution in [0.15, 0.2) is 47.8 Å². The molecule has 0 spiro atoms. The molecule has 0 bridgehead atoms. The van der Waals surface area contributed by atoms with E-state index in [-0.39, 0.29) is 12.1 Å². The van der Waals surface area contributed by atoms with Gasteiger partial charge in [-0.2, -0.15) is 4.59 Å². The van der Waals surface area contributed by atoms with Gasteiger partial charge in [0.1, 0.15) is 0 Å². The quantitative estimate of drug-likeness (QED) is 0.819. The fourth-order valence-electron chi connectivity index (χ4n) is 4.36. The number of nitrogens with zero attached hydrogens (tertiary/aromatic N) is 2. The maximum Gasteiger partial charge on any atom is 0.334 e. The van der Waals surface area contributed by atoms with E-state index in [1.54, 1.807) is 11.3 Å². The number of amides is 1. The molecule has 1 aromatic carbocycles. The lowest BCUT2D eigenvalue weighted by Gasteiger charge is -2.59. The molecular formula is C20H26N3O2S+. The van der Waals surface area contributed by atoms with Gasteiger partial charge in [0.25, 0.3) is 6.23 Å². The SMILES string of the molecule is CC1(C)C(=O)N2C(CCCN)(c3ccccc3)OC(c3cccs3)[N+]21C. The van der Waals surface area contributed by atoms with E-state index < -0.39 is 11.3 Å². The second-order valence-electron chi connectivity index (χ2n) is 7.73. The lowest BCUT2D eigenvalue weighted by atomic mass is 9.88. The zero-order valence-corrected chi connectivity index (χ0v) is 16.3. The normalized spacial score (nSPS) is 32.4. The number of thiophene rings is 1. The van der Waals surface area contributed by atoms with Crippen molar-refractivity contribution in [3.05, 3.63) is 58.3 Å². The summed E-state index contributed by atoms with van der Waals surface area (Å²) >= 11 is 1.68. The van der Waals surface area contributed by atoms with E-state index >= 15 is 0 Å². The summed E-state index contributed by atoms with van der Waals surface area (Å²) in [4.78, 5) is 14.4. The van der Waals surface area contributed by atoms with Crippen molar-refractivity contribution in [2.45, 2.75) is 44.2 Å². The van der Waals surface area contributed by atoms with Crippen molar-refractivity contribution < 1.29 is 14.1 Å². The number of likely N-dealkylation sites (N-methyl/N-ethyl adjacent to an activating group) is 1. The number of hydrogen-bond donors (Lipinski definition) is 1. The van der Waals surface area contributed by atoms with Gasteiger partial charge in [0, 0.05) is 25.8 Å². The molecule has 4 rings (SSSR count). The summed E-state index contributed by atoms with van der Waals surface area (Å²) in [5, 5.41) is 4.01. The van der Waals surface area contributed by atoms with E-state index in [0.29, 0.717) is 17.6 Å². The highest BCUT2D eigenvalue weighted by molar-refractivity contribution is 7.10. The van der Waals surface area contributed by atoms with Crippen LogP contribution in [-0.4, -0.2) is 34.6 Å². The third-order valence-electron chi connectivity index (χ3n) is 6.10. The Morgan fingerprint density at radius 1 is 1.23 bits per heavy atom. The van der Waals surface area contributed by atoms with E-state index in [9.17, 15) is 4.79 Å². The van der Waals surface area contributed by atoms with Gasteiger partial charge in [0.15, 0.2) is 0 Å². The van der Waals surface area contributed by atoms with Crippen LogP contribution in [0.5, 0.6) is 0 Å². The molecule has 2 N–H and O–H groups in total. The number of carbonyl (C=O) groups is 1. The number of benzene rings is 1. The molecule has 1 aromatic heterocycles. The van der Waals surface area contributed by atoms with Gasteiger partial charge in [-0.25, -0.2) is 0 Å². The molecule has 2 saturated heterocycles. The molecule has 6 heteroatoms. The van der Waals surface area contributed by atoms with Crippen molar-refractivity contribution >= 4 is 17.2 Å². The molecule has 0 aliphatic carbocycles. The Hall–Kier alpha value is -1.73. The predicted octanol–water partition coefficient (Wildman–Crippen LogP) is 3.35. The number of hydrogen-bond acceptors (Lipinski definition) is 4. The van der Waals surface area contributed by atoms with E-state index in [2.05, 4.69) is 30.6 Å². The highest BCUT2D eigenvalue weighted by atomic mass is 32.1. The summed E-state index contributed by atoms with van der Waals surface area (Å²) in [7, 11) is 2.11. The van der Waals surface area contributed by atoms with Crippen LogP contribution in [0.1, 0.15) is 43.4 Å². The van der Waals surface area contributed by atoms with Crippen molar-refractivity contribution in [2.24, 2.45) is 5.73 Å². The summed E-state index contributed by atoms with van der Waals surface area (Å²) < 4.78 is 7.25. The molecule has 1 amide bonds. The number of ether oxygens (including phenoxy) is 1. The van der Waals surface area contributed by atoms with E-state index in [4.69, 9.17) is 10.5 Å². The number of rotatable bonds is 5. The summed E-state index contributed by atoms with van der Waals surface area (Å²) in [5.74, 6) is 0.125. The van der Waals surface area contributed by atoms with Crippen molar-refractivity contribution in [1.29, 1.82) is 0 Å². The van der Waals surface area contributed by atoms with Crippen LogP contribution in [0.2, 0.25) is 0 Å². The monoisotopic (exact) mass is 372 g/mol. The van der Waals surface area contributed by atoms with Gasteiger partial charge in [-0.3, -0.25) is 9.53 Å². The Morgan fingerprint density at radius 2 is 1.96 bits per heavy atom. The summed E-state index contributed by atoms with van der Waals surface area (Å²) in [5.41, 5.74) is 5.53. The molecule has 3 heterocycles. The van der Waals surface area contributed by atoms with Crippen LogP contribution in [0.4, 0.5) is 0 Å². The number of nitrogens with two attached hydrogens (primary N) is 1. The van der Waals surface area contributed by atoms with Crippen LogP contribution in [0, 0.1) is 0 Å². The Bertz CT molecular complexity index is 808. The van der Waals surface area contributed by atoms with Crippen LogP contribution < -0.4 is 5.73 Å². The summed E-state index contributed by atoms with van der Waals surface area (Å²) in [6, 6.07) is 14.2. The summed E-state index contributed by atoms with van der Waals surface area (Å²) in [6.45, 7) is 4.59. The number of fused-ring (bicyclic) bond motifs is 1. The van der Waals surface area contributed by atoms with Gasteiger partial charge in [0.05, 0.1) is 11.9 Å². The molecule has 2 fully saturated rings. The second-order valence-corrected chi connectivity index (χ2v) is 8.71. The van der Waals surface area contributed by atoms with Crippen molar-refractivity contribution in [1.82, 2.24) is 5.01 Å². The van der Waals surface area contributed by atoms with Gasteiger partial charge < -0.3 is 5.73 Å². The predicted molar refractivity (Wildman–Crippen MR) is 102 cm³/mol. The van der Waals surface area contributed by atoms with E-state index in [0.717, 1.165) is 16.9 Å². The van der Waals surface area contributed by atoms with Gasteiger partial charge in [-0.05, 0) is 24.4 Å². The van der Waals surface area contributed by atoms with Crippen LogP contribution in [0.25, 0.3) is 0 Å². The van der Waals surface area contributed by atoms with Crippen molar-refractivity contribution in [3.8, 4) is 0 Å².